The highest BCUT2D eigenvalue weighted by atomic mass is 16.5. The van der Waals surface area contributed by atoms with Crippen LogP contribution in [0, 0.1) is 0 Å². The molecule has 2 heterocycles. The maximum Gasteiger partial charge on any atom is 0.224 e. The van der Waals surface area contributed by atoms with Gasteiger partial charge in [-0.15, -0.1) is 0 Å². The Bertz CT molecular complexity index is 852. The number of H-pyrrole nitrogens is 1. The summed E-state index contributed by atoms with van der Waals surface area (Å²) in [5.74, 6) is 1.83. The molecule has 1 amide bonds. The fourth-order valence-electron chi connectivity index (χ4n) is 3.01. The summed E-state index contributed by atoms with van der Waals surface area (Å²) in [6, 6.07) is 14.0. The van der Waals surface area contributed by atoms with Gasteiger partial charge in [0, 0.05) is 19.4 Å². The predicted molar refractivity (Wildman–Crippen MR) is 92.2 cm³/mol. The van der Waals surface area contributed by atoms with E-state index in [1.807, 2.05) is 36.4 Å². The van der Waals surface area contributed by atoms with Crippen LogP contribution >= 0.6 is 0 Å². The smallest absolute Gasteiger partial charge is 0.224 e. The number of hydrogen-bond acceptors (Lipinski definition) is 3. The van der Waals surface area contributed by atoms with Crippen LogP contribution in [0.3, 0.4) is 0 Å². The predicted octanol–water partition coefficient (Wildman–Crippen LogP) is 2.40. The third-order valence-corrected chi connectivity index (χ3v) is 4.25. The van der Waals surface area contributed by atoms with Crippen molar-refractivity contribution in [3.05, 3.63) is 59.4 Å². The van der Waals surface area contributed by atoms with Gasteiger partial charge < -0.3 is 15.0 Å². The van der Waals surface area contributed by atoms with Crippen LogP contribution in [0.5, 0.6) is 5.75 Å². The molecular formula is C19H19N3O2. The van der Waals surface area contributed by atoms with Crippen LogP contribution in [0.4, 0.5) is 0 Å². The lowest BCUT2D eigenvalue weighted by molar-refractivity contribution is -0.120. The number of para-hydroxylation sites is 2. The van der Waals surface area contributed by atoms with Crippen LogP contribution in [0.25, 0.3) is 11.0 Å². The van der Waals surface area contributed by atoms with Gasteiger partial charge in [0.05, 0.1) is 24.1 Å². The van der Waals surface area contributed by atoms with Crippen molar-refractivity contribution in [1.82, 2.24) is 15.3 Å². The maximum absolute atomic E-state index is 12.1. The standard InChI is InChI=1S/C19H19N3O2/c23-19(12-13-5-6-14-8-10-24-17(14)11-13)20-9-7-18-21-15-3-1-2-4-16(15)22-18/h1-6,11H,7-10,12H2,(H,20,23)(H,21,22). The quantitative estimate of drug-likeness (QED) is 0.758. The van der Waals surface area contributed by atoms with Crippen LogP contribution in [0.15, 0.2) is 42.5 Å². The summed E-state index contributed by atoms with van der Waals surface area (Å²) >= 11 is 0. The van der Waals surface area contributed by atoms with Crippen molar-refractivity contribution in [2.24, 2.45) is 0 Å². The fourth-order valence-corrected chi connectivity index (χ4v) is 3.01. The molecule has 0 saturated carbocycles. The molecule has 2 aromatic carbocycles. The van der Waals surface area contributed by atoms with Crippen molar-refractivity contribution in [3.63, 3.8) is 0 Å². The van der Waals surface area contributed by atoms with E-state index < -0.39 is 0 Å². The molecule has 0 unspecified atom stereocenters. The van der Waals surface area contributed by atoms with Crippen LogP contribution in [0.2, 0.25) is 0 Å². The van der Waals surface area contributed by atoms with Gasteiger partial charge in [0.1, 0.15) is 11.6 Å². The average molecular weight is 321 g/mol. The summed E-state index contributed by atoms with van der Waals surface area (Å²) in [7, 11) is 0. The summed E-state index contributed by atoms with van der Waals surface area (Å²) in [6.45, 7) is 1.31. The highest BCUT2D eigenvalue weighted by molar-refractivity contribution is 5.78. The molecule has 4 rings (SSSR count). The number of hydrogen-bond donors (Lipinski definition) is 2. The van der Waals surface area contributed by atoms with E-state index in [2.05, 4.69) is 21.4 Å². The highest BCUT2D eigenvalue weighted by Crippen LogP contribution is 2.26. The van der Waals surface area contributed by atoms with Crippen LogP contribution in [-0.4, -0.2) is 29.0 Å². The number of aromatic amines is 1. The van der Waals surface area contributed by atoms with Crippen molar-refractivity contribution in [2.75, 3.05) is 13.2 Å². The number of carbonyl (C=O) groups is 1. The molecule has 122 valence electrons. The van der Waals surface area contributed by atoms with Crippen LogP contribution in [0.1, 0.15) is 17.0 Å². The Hall–Kier alpha value is -2.82. The number of fused-ring (bicyclic) bond motifs is 2. The molecule has 5 heteroatoms. The first-order valence-electron chi connectivity index (χ1n) is 8.23. The third-order valence-electron chi connectivity index (χ3n) is 4.25. The van der Waals surface area contributed by atoms with Crippen molar-refractivity contribution in [1.29, 1.82) is 0 Å². The Kier molecular flexibility index (Phi) is 3.91. The van der Waals surface area contributed by atoms with Crippen LogP contribution < -0.4 is 10.1 Å². The Balaban J connectivity index is 1.30. The second-order valence-corrected chi connectivity index (χ2v) is 6.02. The van der Waals surface area contributed by atoms with Gasteiger partial charge in [-0.2, -0.15) is 0 Å². The summed E-state index contributed by atoms with van der Waals surface area (Å²) in [5, 5.41) is 2.95. The lowest BCUT2D eigenvalue weighted by Crippen LogP contribution is -2.27. The Morgan fingerprint density at radius 3 is 3.08 bits per heavy atom. The van der Waals surface area contributed by atoms with Gasteiger partial charge in [0.2, 0.25) is 5.91 Å². The third kappa shape index (κ3) is 3.11. The van der Waals surface area contributed by atoms with E-state index in [1.54, 1.807) is 0 Å². The van der Waals surface area contributed by atoms with Crippen molar-refractivity contribution in [3.8, 4) is 5.75 Å². The molecule has 0 atom stereocenters. The Morgan fingerprint density at radius 1 is 1.25 bits per heavy atom. The van der Waals surface area contributed by atoms with Gasteiger partial charge in [-0.3, -0.25) is 4.79 Å². The number of benzene rings is 2. The number of rotatable bonds is 5. The second kappa shape index (κ2) is 6.35. The number of ether oxygens (including phenoxy) is 1. The molecule has 2 N–H and O–H groups in total. The largest absolute Gasteiger partial charge is 0.493 e. The van der Waals surface area contributed by atoms with Crippen molar-refractivity contribution >= 4 is 16.9 Å². The summed E-state index contributed by atoms with van der Waals surface area (Å²) in [4.78, 5) is 19.9. The molecular weight excluding hydrogens is 302 g/mol. The number of nitrogens with one attached hydrogen (secondary N) is 2. The Labute approximate surface area is 140 Å². The summed E-state index contributed by atoms with van der Waals surface area (Å²) < 4.78 is 5.54. The van der Waals surface area contributed by atoms with Crippen molar-refractivity contribution in [2.45, 2.75) is 19.3 Å². The van der Waals surface area contributed by atoms with E-state index in [9.17, 15) is 4.79 Å². The van der Waals surface area contributed by atoms with E-state index in [0.717, 1.165) is 41.2 Å². The number of imidazole rings is 1. The number of aromatic nitrogens is 2. The normalized spacial score (nSPS) is 12.8. The molecule has 0 spiro atoms. The molecule has 1 aliphatic heterocycles. The van der Waals surface area contributed by atoms with E-state index in [1.165, 1.54) is 5.56 Å². The number of nitrogens with zero attached hydrogens (tertiary/aromatic N) is 1. The summed E-state index contributed by atoms with van der Waals surface area (Å²) in [6.07, 6.45) is 2.02. The minimum absolute atomic E-state index is 0.0176. The molecule has 0 fully saturated rings. The molecule has 5 nitrogen and oxygen atoms in total. The average Bonchev–Trinajstić information content (AvgIpc) is 3.20. The molecule has 0 aliphatic carbocycles. The first-order valence-corrected chi connectivity index (χ1v) is 8.23. The zero-order chi connectivity index (χ0) is 16.4. The zero-order valence-electron chi connectivity index (χ0n) is 13.3. The molecule has 24 heavy (non-hydrogen) atoms. The van der Waals surface area contributed by atoms with Crippen molar-refractivity contribution < 1.29 is 9.53 Å². The van der Waals surface area contributed by atoms with Gasteiger partial charge in [-0.25, -0.2) is 4.98 Å². The Morgan fingerprint density at radius 2 is 2.17 bits per heavy atom. The van der Waals surface area contributed by atoms with E-state index in [0.29, 0.717) is 19.4 Å². The first kappa shape index (κ1) is 14.8. The van der Waals surface area contributed by atoms with Gasteiger partial charge in [0.15, 0.2) is 0 Å². The van der Waals surface area contributed by atoms with Gasteiger partial charge >= 0.3 is 0 Å². The van der Waals surface area contributed by atoms with Gasteiger partial charge in [-0.05, 0) is 29.3 Å². The first-order chi connectivity index (χ1) is 11.8. The van der Waals surface area contributed by atoms with E-state index in [4.69, 9.17) is 4.74 Å². The summed E-state index contributed by atoms with van der Waals surface area (Å²) in [5.41, 5.74) is 4.19. The molecule has 1 aromatic heterocycles. The molecule has 0 bridgehead atoms. The molecule has 3 aromatic rings. The molecule has 0 saturated heterocycles. The van der Waals surface area contributed by atoms with E-state index in [-0.39, 0.29) is 5.91 Å². The fraction of sp³-hybridized carbons (Fsp3) is 0.263. The van der Waals surface area contributed by atoms with Gasteiger partial charge in [-0.1, -0.05) is 24.3 Å². The van der Waals surface area contributed by atoms with E-state index >= 15 is 0 Å². The monoisotopic (exact) mass is 321 g/mol. The van der Waals surface area contributed by atoms with Crippen LogP contribution in [-0.2, 0) is 24.1 Å². The maximum atomic E-state index is 12.1. The topological polar surface area (TPSA) is 67.0 Å². The molecule has 0 radical (unpaired) electrons. The van der Waals surface area contributed by atoms with Gasteiger partial charge in [0.25, 0.3) is 0 Å². The number of carbonyl (C=O) groups excluding carboxylic acids is 1. The molecule has 1 aliphatic rings. The minimum Gasteiger partial charge on any atom is -0.493 e. The zero-order valence-corrected chi connectivity index (χ0v) is 13.3. The minimum atomic E-state index is 0.0176. The lowest BCUT2D eigenvalue weighted by Gasteiger charge is -2.06. The second-order valence-electron chi connectivity index (χ2n) is 6.02. The SMILES string of the molecule is O=C(Cc1ccc2c(c1)OCC2)NCCc1nc2ccccc2[nH]1. The highest BCUT2D eigenvalue weighted by Gasteiger charge is 2.13. The lowest BCUT2D eigenvalue weighted by atomic mass is 10.1. The number of amides is 1.